The molecule has 1 saturated carbocycles. The Balaban J connectivity index is 2.49. The molecule has 0 heterocycles. The highest BCUT2D eigenvalue weighted by atomic mass is 16.3. The molecule has 1 aliphatic carbocycles. The number of nitrogens with one attached hydrogen (secondary N) is 1. The van der Waals surface area contributed by atoms with E-state index in [1.54, 1.807) is 0 Å². The van der Waals surface area contributed by atoms with Gasteiger partial charge in [0, 0.05) is 19.6 Å². The van der Waals surface area contributed by atoms with Crippen LogP contribution in [-0.2, 0) is 0 Å². The van der Waals surface area contributed by atoms with E-state index in [1.807, 2.05) is 0 Å². The molecular weight excluding hydrogens is 224 g/mol. The molecular formula is C15H32N2O. The highest BCUT2D eigenvalue weighted by Gasteiger charge is 2.34. The van der Waals surface area contributed by atoms with E-state index in [0.29, 0.717) is 12.0 Å². The highest BCUT2D eigenvalue weighted by Crippen LogP contribution is 2.38. The molecule has 0 amide bonds. The smallest absolute Gasteiger partial charge is 0.0558 e. The van der Waals surface area contributed by atoms with Gasteiger partial charge in [0.15, 0.2) is 0 Å². The maximum Gasteiger partial charge on any atom is 0.0558 e. The van der Waals surface area contributed by atoms with Gasteiger partial charge in [-0.25, -0.2) is 0 Å². The van der Waals surface area contributed by atoms with Crippen molar-refractivity contribution in [2.75, 3.05) is 39.3 Å². The van der Waals surface area contributed by atoms with Crippen LogP contribution in [0.3, 0.4) is 0 Å². The molecule has 0 aromatic carbocycles. The molecule has 2 N–H and O–H groups in total. The Bertz CT molecular complexity index is 203. The molecule has 0 aromatic heterocycles. The number of hydrogen-bond acceptors (Lipinski definition) is 3. The fraction of sp³-hybridized carbons (Fsp3) is 1.00. The molecule has 0 saturated heterocycles. The molecule has 0 radical (unpaired) electrons. The molecule has 0 aliphatic heterocycles. The minimum Gasteiger partial charge on any atom is -0.395 e. The van der Waals surface area contributed by atoms with Crippen LogP contribution in [0.5, 0.6) is 0 Å². The number of aliphatic hydroxyl groups excluding tert-OH is 1. The third-order valence-corrected chi connectivity index (χ3v) is 4.22. The summed E-state index contributed by atoms with van der Waals surface area (Å²) < 4.78 is 0. The second-order valence-electron chi connectivity index (χ2n) is 5.84. The third kappa shape index (κ3) is 5.25. The summed E-state index contributed by atoms with van der Waals surface area (Å²) in [4.78, 5) is 2.48. The first-order valence-electron chi connectivity index (χ1n) is 7.80. The van der Waals surface area contributed by atoms with E-state index in [0.717, 1.165) is 26.2 Å². The van der Waals surface area contributed by atoms with Gasteiger partial charge in [0.2, 0.25) is 0 Å². The zero-order valence-electron chi connectivity index (χ0n) is 12.4. The van der Waals surface area contributed by atoms with Crippen molar-refractivity contribution < 1.29 is 5.11 Å². The van der Waals surface area contributed by atoms with E-state index in [9.17, 15) is 5.11 Å². The van der Waals surface area contributed by atoms with Crippen molar-refractivity contribution in [2.24, 2.45) is 5.41 Å². The van der Waals surface area contributed by atoms with Gasteiger partial charge in [0.1, 0.15) is 0 Å². The summed E-state index contributed by atoms with van der Waals surface area (Å²) in [5.74, 6) is 0. The summed E-state index contributed by atoms with van der Waals surface area (Å²) in [6.07, 6.45) is 7.96. The summed E-state index contributed by atoms with van der Waals surface area (Å²) in [5.41, 5.74) is 0.471. The normalized spacial score (nSPS) is 18.7. The first kappa shape index (κ1) is 15.9. The molecule has 3 nitrogen and oxygen atoms in total. The van der Waals surface area contributed by atoms with E-state index in [-0.39, 0.29) is 0 Å². The van der Waals surface area contributed by atoms with Crippen molar-refractivity contribution in [3.63, 3.8) is 0 Å². The zero-order chi connectivity index (χ0) is 13.3. The molecule has 18 heavy (non-hydrogen) atoms. The molecule has 0 atom stereocenters. The van der Waals surface area contributed by atoms with Gasteiger partial charge >= 0.3 is 0 Å². The van der Waals surface area contributed by atoms with Gasteiger partial charge in [-0.2, -0.15) is 0 Å². The van der Waals surface area contributed by atoms with Crippen LogP contribution in [0.25, 0.3) is 0 Å². The van der Waals surface area contributed by atoms with Gasteiger partial charge in [0.25, 0.3) is 0 Å². The lowest BCUT2D eigenvalue weighted by molar-refractivity contribution is 0.123. The molecule has 1 aliphatic rings. The number of hydrogen-bond donors (Lipinski definition) is 2. The first-order valence-corrected chi connectivity index (χ1v) is 7.80. The molecule has 0 spiro atoms. The minimum atomic E-state index is 0.293. The van der Waals surface area contributed by atoms with Crippen molar-refractivity contribution in [1.29, 1.82) is 0 Å². The van der Waals surface area contributed by atoms with Gasteiger partial charge in [-0.1, -0.05) is 33.1 Å². The lowest BCUT2D eigenvalue weighted by Gasteiger charge is -2.35. The highest BCUT2D eigenvalue weighted by molar-refractivity contribution is 4.89. The molecule has 1 fully saturated rings. The van der Waals surface area contributed by atoms with E-state index < -0.39 is 0 Å². The first-order chi connectivity index (χ1) is 8.76. The summed E-state index contributed by atoms with van der Waals surface area (Å²) in [6, 6.07) is 0. The fourth-order valence-electron chi connectivity index (χ4n) is 3.17. The Kier molecular flexibility index (Phi) is 7.87. The van der Waals surface area contributed by atoms with Crippen LogP contribution in [0.2, 0.25) is 0 Å². The Morgan fingerprint density at radius 3 is 2.44 bits per heavy atom. The Morgan fingerprint density at radius 1 is 1.17 bits per heavy atom. The van der Waals surface area contributed by atoms with Crippen molar-refractivity contribution in [1.82, 2.24) is 10.2 Å². The molecule has 1 rings (SSSR count). The monoisotopic (exact) mass is 256 g/mol. The second kappa shape index (κ2) is 8.89. The van der Waals surface area contributed by atoms with Crippen LogP contribution in [-0.4, -0.2) is 49.3 Å². The average Bonchev–Trinajstić information content (AvgIpc) is 2.83. The maximum absolute atomic E-state index is 9.21. The Hall–Kier alpha value is -0.120. The Morgan fingerprint density at radius 2 is 1.89 bits per heavy atom. The molecule has 0 bridgehead atoms. The Labute approximate surface area is 113 Å². The predicted molar refractivity (Wildman–Crippen MR) is 77.9 cm³/mol. The average molecular weight is 256 g/mol. The second-order valence-corrected chi connectivity index (χ2v) is 5.84. The van der Waals surface area contributed by atoms with Crippen molar-refractivity contribution in [3.05, 3.63) is 0 Å². The summed E-state index contributed by atoms with van der Waals surface area (Å²) in [5, 5.41) is 12.8. The lowest BCUT2D eigenvalue weighted by Crippen LogP contribution is -2.43. The topological polar surface area (TPSA) is 35.5 Å². The molecule has 0 aromatic rings. The van der Waals surface area contributed by atoms with E-state index in [1.165, 1.54) is 45.1 Å². The minimum absolute atomic E-state index is 0.293. The summed E-state index contributed by atoms with van der Waals surface area (Å²) in [6.45, 7) is 10.1. The summed E-state index contributed by atoms with van der Waals surface area (Å²) in [7, 11) is 0. The predicted octanol–water partition coefficient (Wildman–Crippen LogP) is 2.25. The molecule has 108 valence electrons. The third-order valence-electron chi connectivity index (χ3n) is 4.22. The number of nitrogens with zero attached hydrogens (tertiary/aromatic N) is 1. The van der Waals surface area contributed by atoms with Gasteiger partial charge in [-0.15, -0.1) is 0 Å². The molecule has 3 heteroatoms. The number of unbranched alkanes of at least 4 members (excludes halogenated alkanes) is 1. The van der Waals surface area contributed by atoms with Crippen LogP contribution in [0.1, 0.15) is 52.4 Å². The lowest BCUT2D eigenvalue weighted by atomic mass is 9.85. The fourth-order valence-corrected chi connectivity index (χ4v) is 3.17. The summed E-state index contributed by atoms with van der Waals surface area (Å²) >= 11 is 0. The largest absolute Gasteiger partial charge is 0.395 e. The van der Waals surface area contributed by atoms with Crippen LogP contribution < -0.4 is 5.32 Å². The van der Waals surface area contributed by atoms with Crippen LogP contribution >= 0.6 is 0 Å². The van der Waals surface area contributed by atoms with Crippen LogP contribution in [0, 0.1) is 5.41 Å². The SMILES string of the molecule is CCCCN(CCO)CC1(CNCC)CCCC1. The van der Waals surface area contributed by atoms with E-state index in [4.69, 9.17) is 0 Å². The standard InChI is InChI=1S/C15H32N2O/c1-3-5-10-17(11-12-18)14-15(13-16-4-2)8-6-7-9-15/h16,18H,3-14H2,1-2H3. The van der Waals surface area contributed by atoms with Crippen molar-refractivity contribution in [2.45, 2.75) is 52.4 Å². The van der Waals surface area contributed by atoms with E-state index >= 15 is 0 Å². The van der Waals surface area contributed by atoms with Crippen molar-refractivity contribution in [3.8, 4) is 0 Å². The van der Waals surface area contributed by atoms with Gasteiger partial charge in [-0.05, 0) is 37.8 Å². The zero-order valence-corrected chi connectivity index (χ0v) is 12.4. The van der Waals surface area contributed by atoms with Crippen LogP contribution in [0.15, 0.2) is 0 Å². The maximum atomic E-state index is 9.21. The number of aliphatic hydroxyl groups is 1. The van der Waals surface area contributed by atoms with Gasteiger partial charge in [0.05, 0.1) is 6.61 Å². The van der Waals surface area contributed by atoms with Gasteiger partial charge in [-0.3, -0.25) is 0 Å². The molecule has 0 unspecified atom stereocenters. The quantitative estimate of drug-likeness (QED) is 0.629. The number of rotatable bonds is 10. The van der Waals surface area contributed by atoms with Crippen molar-refractivity contribution >= 4 is 0 Å². The van der Waals surface area contributed by atoms with E-state index in [2.05, 4.69) is 24.1 Å². The van der Waals surface area contributed by atoms with Gasteiger partial charge < -0.3 is 15.3 Å². The van der Waals surface area contributed by atoms with Crippen LogP contribution in [0.4, 0.5) is 0 Å².